The number of piperidine rings is 1. The molecule has 1 spiro atoms. The zero-order valence-electron chi connectivity index (χ0n) is 18.2. The van der Waals surface area contributed by atoms with E-state index in [0.717, 1.165) is 29.2 Å². The average Bonchev–Trinajstić information content (AvgIpc) is 3.20. The molecule has 34 heavy (non-hydrogen) atoms. The molecular formula is C23H23F5N2O3S. The van der Waals surface area contributed by atoms with Crippen LogP contribution in [-0.4, -0.2) is 42.3 Å². The first-order chi connectivity index (χ1) is 15.8. The first-order valence-corrected chi connectivity index (χ1v) is 12.4. The summed E-state index contributed by atoms with van der Waals surface area (Å²) in [4.78, 5) is 17.9. The van der Waals surface area contributed by atoms with Crippen molar-refractivity contribution in [2.24, 2.45) is 5.16 Å². The fraction of sp³-hybridized carbons (Fsp3) is 0.304. The van der Waals surface area contributed by atoms with Crippen LogP contribution in [0.1, 0.15) is 30.4 Å². The van der Waals surface area contributed by atoms with Gasteiger partial charge >= 0.3 is 10.2 Å². The lowest BCUT2D eigenvalue weighted by Crippen LogP contribution is -2.46. The number of oxime groups is 1. The molecule has 11 heteroatoms. The molecule has 1 amide bonds. The van der Waals surface area contributed by atoms with Gasteiger partial charge in [-0.3, -0.25) is 4.79 Å². The standard InChI is InChI=1S/C23H23F5N2O3S/c1-32-19-4-2-3-18(15-19)21-16-23(33-29-21)11-13-30(14-12-23)22(31)10-7-17-5-8-20(9-6-17)34(24,25,26,27)28/h2-10,15H,11-14,16H2,1H3. The van der Waals surface area contributed by atoms with Crippen LogP contribution in [-0.2, 0) is 9.63 Å². The molecule has 0 atom stereocenters. The predicted octanol–water partition coefficient (Wildman–Crippen LogP) is 6.55. The number of benzene rings is 2. The number of hydrogen-bond donors (Lipinski definition) is 0. The second-order valence-electron chi connectivity index (χ2n) is 8.42. The van der Waals surface area contributed by atoms with Crippen molar-refractivity contribution in [3.05, 3.63) is 65.7 Å². The van der Waals surface area contributed by atoms with Crippen LogP contribution in [0.2, 0.25) is 0 Å². The molecule has 4 rings (SSSR count). The molecule has 1 saturated heterocycles. The third-order valence-corrected chi connectivity index (χ3v) is 7.14. The van der Waals surface area contributed by atoms with Gasteiger partial charge in [-0.15, -0.1) is 0 Å². The minimum atomic E-state index is -9.71. The van der Waals surface area contributed by atoms with Gasteiger partial charge in [0.1, 0.15) is 16.2 Å². The Morgan fingerprint density at radius 1 is 1.09 bits per heavy atom. The van der Waals surface area contributed by atoms with E-state index >= 15 is 0 Å². The quantitative estimate of drug-likeness (QED) is 0.344. The van der Waals surface area contributed by atoms with Gasteiger partial charge in [0.25, 0.3) is 0 Å². The highest BCUT2D eigenvalue weighted by Crippen LogP contribution is 3.02. The number of carbonyl (C=O) groups excluding carboxylic acids is 1. The van der Waals surface area contributed by atoms with Gasteiger partial charge in [0.15, 0.2) is 0 Å². The molecule has 2 heterocycles. The van der Waals surface area contributed by atoms with Gasteiger partial charge in [0.2, 0.25) is 5.91 Å². The molecule has 1 fully saturated rings. The summed E-state index contributed by atoms with van der Waals surface area (Å²) in [6.07, 6.45) is 4.28. The Balaban J connectivity index is 1.33. The highest BCUT2D eigenvalue weighted by Gasteiger charge is 2.65. The smallest absolute Gasteiger partial charge is 0.310 e. The van der Waals surface area contributed by atoms with Crippen molar-refractivity contribution in [2.75, 3.05) is 20.2 Å². The zero-order chi connectivity index (χ0) is 24.7. The van der Waals surface area contributed by atoms with E-state index in [0.29, 0.717) is 44.5 Å². The van der Waals surface area contributed by atoms with Gasteiger partial charge in [-0.2, -0.15) is 0 Å². The molecule has 2 aliphatic heterocycles. The van der Waals surface area contributed by atoms with Crippen LogP contribution in [0.4, 0.5) is 19.4 Å². The fourth-order valence-corrected chi connectivity index (χ4v) is 4.64. The number of halogens is 5. The lowest BCUT2D eigenvalue weighted by atomic mass is 9.85. The summed E-state index contributed by atoms with van der Waals surface area (Å²) in [5.74, 6) is 0.398. The fourth-order valence-electron chi connectivity index (χ4n) is 3.99. The number of nitrogens with zero attached hydrogens (tertiary/aromatic N) is 2. The maximum absolute atomic E-state index is 12.8. The Morgan fingerprint density at radius 2 is 1.76 bits per heavy atom. The number of amides is 1. The third-order valence-electron chi connectivity index (χ3n) is 5.97. The lowest BCUT2D eigenvalue weighted by Gasteiger charge is -2.40. The van der Waals surface area contributed by atoms with Crippen molar-refractivity contribution in [2.45, 2.75) is 29.8 Å². The molecule has 0 aliphatic carbocycles. The van der Waals surface area contributed by atoms with Gasteiger partial charge in [-0.25, -0.2) is 0 Å². The van der Waals surface area contributed by atoms with Crippen LogP contribution >= 0.6 is 10.2 Å². The predicted molar refractivity (Wildman–Crippen MR) is 121 cm³/mol. The summed E-state index contributed by atoms with van der Waals surface area (Å²) in [7, 11) is -8.12. The number of hydrogen-bond acceptors (Lipinski definition) is 4. The number of rotatable bonds is 5. The monoisotopic (exact) mass is 502 g/mol. The van der Waals surface area contributed by atoms with Crippen LogP contribution in [0.3, 0.4) is 0 Å². The molecule has 0 saturated carbocycles. The van der Waals surface area contributed by atoms with E-state index in [1.54, 1.807) is 12.0 Å². The van der Waals surface area contributed by atoms with Gasteiger partial charge in [0, 0.05) is 44.0 Å². The van der Waals surface area contributed by atoms with E-state index in [1.807, 2.05) is 24.3 Å². The minimum Gasteiger partial charge on any atom is -0.497 e. The Kier molecular flexibility index (Phi) is 5.47. The molecule has 184 valence electrons. The van der Waals surface area contributed by atoms with Crippen LogP contribution in [0.25, 0.3) is 6.08 Å². The van der Waals surface area contributed by atoms with E-state index in [1.165, 1.54) is 12.2 Å². The largest absolute Gasteiger partial charge is 0.497 e. The van der Waals surface area contributed by atoms with Crippen molar-refractivity contribution in [3.8, 4) is 5.75 Å². The molecule has 2 aromatic carbocycles. The van der Waals surface area contributed by atoms with Crippen LogP contribution < -0.4 is 4.74 Å². The molecular weight excluding hydrogens is 479 g/mol. The second kappa shape index (κ2) is 7.72. The average molecular weight is 503 g/mol. The molecule has 2 aromatic rings. The Hall–Kier alpha value is -3.08. The number of carbonyl (C=O) groups is 1. The summed E-state index contributed by atoms with van der Waals surface area (Å²) in [6.45, 7) is 0.848. The first-order valence-electron chi connectivity index (χ1n) is 10.5. The second-order valence-corrected chi connectivity index (χ2v) is 10.8. The molecule has 5 nitrogen and oxygen atoms in total. The molecule has 0 aromatic heterocycles. The maximum Gasteiger partial charge on any atom is 0.310 e. The van der Waals surface area contributed by atoms with Gasteiger partial charge in [-0.05, 0) is 35.9 Å². The van der Waals surface area contributed by atoms with Crippen molar-refractivity contribution >= 4 is 27.9 Å². The van der Waals surface area contributed by atoms with Gasteiger partial charge in [0.05, 0.1) is 12.8 Å². The SMILES string of the molecule is COc1cccc(C2=NOC3(CCN(C(=O)C=Cc4ccc(S(F)(F)(F)(F)F)cc4)CC3)C2)c1. The lowest BCUT2D eigenvalue weighted by molar-refractivity contribution is -0.131. The van der Waals surface area contributed by atoms with Crippen LogP contribution in [0, 0.1) is 0 Å². The molecule has 2 aliphatic rings. The first kappa shape index (κ1) is 24.1. The Bertz CT molecular complexity index is 1160. The van der Waals surface area contributed by atoms with Crippen molar-refractivity contribution in [1.82, 2.24) is 4.90 Å². The maximum atomic E-state index is 12.8. The van der Waals surface area contributed by atoms with E-state index < -0.39 is 20.7 Å². The highest BCUT2D eigenvalue weighted by atomic mass is 32.5. The topological polar surface area (TPSA) is 51.1 Å². The van der Waals surface area contributed by atoms with E-state index in [4.69, 9.17) is 9.57 Å². The molecule has 0 bridgehead atoms. The number of likely N-dealkylation sites (tertiary alicyclic amines) is 1. The Labute approximate surface area is 193 Å². The van der Waals surface area contributed by atoms with Crippen LogP contribution in [0.5, 0.6) is 5.75 Å². The Morgan fingerprint density at radius 3 is 2.38 bits per heavy atom. The van der Waals surface area contributed by atoms with E-state index in [9.17, 15) is 24.2 Å². The zero-order valence-corrected chi connectivity index (χ0v) is 19.0. The highest BCUT2D eigenvalue weighted by molar-refractivity contribution is 8.45. The van der Waals surface area contributed by atoms with Gasteiger partial charge in [-0.1, -0.05) is 48.8 Å². The molecule has 0 unspecified atom stereocenters. The van der Waals surface area contributed by atoms with Crippen molar-refractivity contribution in [1.29, 1.82) is 0 Å². The third kappa shape index (κ3) is 5.35. The number of methoxy groups -OCH3 is 1. The summed E-state index contributed by atoms with van der Waals surface area (Å²) in [5, 5.41) is 4.25. The summed E-state index contributed by atoms with van der Waals surface area (Å²) in [5.41, 5.74) is 1.45. The van der Waals surface area contributed by atoms with E-state index in [2.05, 4.69) is 5.16 Å². The summed E-state index contributed by atoms with van der Waals surface area (Å²) in [6, 6.07) is 10.00. The summed E-state index contributed by atoms with van der Waals surface area (Å²) < 4.78 is 69.3. The van der Waals surface area contributed by atoms with E-state index in [-0.39, 0.29) is 11.5 Å². The van der Waals surface area contributed by atoms with Crippen LogP contribution in [0.15, 0.2) is 64.7 Å². The minimum absolute atomic E-state index is 0.211. The summed E-state index contributed by atoms with van der Waals surface area (Å²) >= 11 is 0. The van der Waals surface area contributed by atoms with Crippen molar-refractivity contribution < 1.29 is 33.8 Å². The van der Waals surface area contributed by atoms with Crippen molar-refractivity contribution in [3.63, 3.8) is 0 Å². The molecule has 0 N–H and O–H groups in total. The van der Waals surface area contributed by atoms with Gasteiger partial charge < -0.3 is 14.5 Å². The normalized spacial score (nSPS) is 19.9. The number of ether oxygens (including phenoxy) is 1. The molecule has 0 radical (unpaired) electrons.